The first-order valence-electron chi connectivity index (χ1n) is 13.1. The van der Waals surface area contributed by atoms with E-state index < -0.39 is 0 Å². The Morgan fingerprint density at radius 2 is 1.12 bits per heavy atom. The van der Waals surface area contributed by atoms with Crippen molar-refractivity contribution in [2.24, 2.45) is 0 Å². The molecule has 0 aliphatic heterocycles. The second-order valence-corrected chi connectivity index (χ2v) is 11.3. The molecule has 0 saturated heterocycles. The molecule has 2 heterocycles. The first-order valence-corrected chi connectivity index (χ1v) is 14.3. The zero-order valence-corrected chi connectivity index (χ0v) is 22.7. The molecule has 0 atom stereocenters. The van der Waals surface area contributed by atoms with Crippen LogP contribution in [-0.2, 0) is 0 Å². The second-order valence-electron chi connectivity index (χ2n) is 9.82. The van der Waals surface area contributed by atoms with Gasteiger partial charge in [-0.1, -0.05) is 109 Å². The van der Waals surface area contributed by atoms with Gasteiger partial charge in [0.1, 0.15) is 0 Å². The summed E-state index contributed by atoms with van der Waals surface area (Å²) in [6.07, 6.45) is 0. The van der Waals surface area contributed by atoms with Crippen LogP contribution in [0.5, 0.6) is 0 Å². The third kappa shape index (κ3) is 3.84. The van der Waals surface area contributed by atoms with Crippen molar-refractivity contribution in [3.05, 3.63) is 126 Å². The van der Waals surface area contributed by atoms with Gasteiger partial charge in [-0.3, -0.25) is 0 Å². The summed E-state index contributed by atoms with van der Waals surface area (Å²) in [7, 11) is 0. The molecule has 0 fully saturated rings. The van der Waals surface area contributed by atoms with Crippen molar-refractivity contribution in [1.82, 2.24) is 15.0 Å². The van der Waals surface area contributed by atoms with Crippen molar-refractivity contribution in [3.8, 4) is 34.2 Å². The molecule has 0 radical (unpaired) electrons. The highest BCUT2D eigenvalue weighted by Gasteiger charge is 2.17. The van der Waals surface area contributed by atoms with Gasteiger partial charge in [-0.15, -0.1) is 11.3 Å². The van der Waals surface area contributed by atoms with Gasteiger partial charge in [0.05, 0.1) is 5.02 Å². The van der Waals surface area contributed by atoms with E-state index >= 15 is 0 Å². The van der Waals surface area contributed by atoms with Crippen LogP contribution in [0, 0.1) is 0 Å². The van der Waals surface area contributed by atoms with Crippen LogP contribution in [0.25, 0.3) is 75.9 Å². The number of rotatable bonds is 3. The summed E-state index contributed by atoms with van der Waals surface area (Å²) in [4.78, 5) is 14.9. The molecule has 0 unspecified atom stereocenters. The Hall–Kier alpha value is -4.64. The molecule has 8 aromatic rings. The quantitative estimate of drug-likeness (QED) is 0.206. The fourth-order valence-electron chi connectivity index (χ4n) is 5.41. The van der Waals surface area contributed by atoms with E-state index in [-0.39, 0.29) is 0 Å². The zero-order chi connectivity index (χ0) is 26.6. The molecule has 0 N–H and O–H groups in total. The summed E-state index contributed by atoms with van der Waals surface area (Å²) in [6, 6.07) is 41.8. The molecule has 0 saturated carbocycles. The van der Waals surface area contributed by atoms with Crippen LogP contribution < -0.4 is 0 Å². The average molecular weight is 550 g/mol. The molecular weight excluding hydrogens is 530 g/mol. The minimum Gasteiger partial charge on any atom is -0.208 e. The van der Waals surface area contributed by atoms with Gasteiger partial charge in [-0.05, 0) is 45.8 Å². The van der Waals surface area contributed by atoms with Crippen LogP contribution in [0.2, 0.25) is 5.02 Å². The highest BCUT2D eigenvalue weighted by atomic mass is 35.5. The molecule has 0 aliphatic carbocycles. The standard InChI is InChI=1S/C35H20ClN3S/c36-30-20-32-28(27-12-6-7-13-31(27)40-32)19-29(30)35-38-33(22-9-2-1-3-10-22)37-34(39-35)24-16-17-26-23(18-24)15-14-21-8-4-5-11-25(21)26/h1-20H. The lowest BCUT2D eigenvalue weighted by Crippen LogP contribution is -2.00. The number of benzene rings is 6. The fourth-order valence-corrected chi connectivity index (χ4v) is 6.85. The van der Waals surface area contributed by atoms with Crippen LogP contribution in [-0.4, -0.2) is 15.0 Å². The Bertz CT molecular complexity index is 2240. The molecule has 8 rings (SSSR count). The predicted molar refractivity (Wildman–Crippen MR) is 169 cm³/mol. The van der Waals surface area contributed by atoms with Gasteiger partial charge in [0.25, 0.3) is 0 Å². The van der Waals surface area contributed by atoms with Gasteiger partial charge < -0.3 is 0 Å². The number of halogens is 1. The molecule has 3 nitrogen and oxygen atoms in total. The van der Waals surface area contributed by atoms with E-state index in [0.717, 1.165) is 32.2 Å². The van der Waals surface area contributed by atoms with Crippen LogP contribution >= 0.6 is 22.9 Å². The van der Waals surface area contributed by atoms with Crippen LogP contribution in [0.15, 0.2) is 121 Å². The molecule has 5 heteroatoms. The van der Waals surface area contributed by atoms with Crippen molar-refractivity contribution in [2.75, 3.05) is 0 Å². The zero-order valence-electron chi connectivity index (χ0n) is 21.2. The molecule has 40 heavy (non-hydrogen) atoms. The Labute approximate surface area is 239 Å². The number of aromatic nitrogens is 3. The summed E-state index contributed by atoms with van der Waals surface area (Å²) in [5.41, 5.74) is 2.66. The van der Waals surface area contributed by atoms with Crippen LogP contribution in [0.3, 0.4) is 0 Å². The summed E-state index contributed by atoms with van der Waals surface area (Å²) in [5.74, 6) is 1.79. The first-order chi connectivity index (χ1) is 19.7. The summed E-state index contributed by atoms with van der Waals surface area (Å²) in [6.45, 7) is 0. The molecule has 0 spiro atoms. The maximum atomic E-state index is 6.90. The van der Waals surface area contributed by atoms with Crippen LogP contribution in [0.1, 0.15) is 0 Å². The highest BCUT2D eigenvalue weighted by Crippen LogP contribution is 2.40. The van der Waals surface area contributed by atoms with E-state index in [1.807, 2.05) is 36.4 Å². The Kier molecular flexibility index (Phi) is 5.37. The average Bonchev–Trinajstić information content (AvgIpc) is 3.37. The van der Waals surface area contributed by atoms with Crippen molar-refractivity contribution >= 4 is 64.7 Å². The van der Waals surface area contributed by atoms with E-state index in [1.54, 1.807) is 11.3 Å². The number of fused-ring (bicyclic) bond motifs is 6. The second kappa shape index (κ2) is 9.23. The monoisotopic (exact) mass is 549 g/mol. The van der Waals surface area contributed by atoms with E-state index in [0.29, 0.717) is 22.5 Å². The molecular formula is C35H20ClN3S. The minimum atomic E-state index is 0.560. The normalized spacial score (nSPS) is 11.6. The van der Waals surface area contributed by atoms with E-state index in [9.17, 15) is 0 Å². The van der Waals surface area contributed by atoms with Crippen molar-refractivity contribution in [3.63, 3.8) is 0 Å². The van der Waals surface area contributed by atoms with Gasteiger partial charge >= 0.3 is 0 Å². The van der Waals surface area contributed by atoms with Gasteiger partial charge in [0.2, 0.25) is 0 Å². The van der Waals surface area contributed by atoms with Gasteiger partial charge in [0.15, 0.2) is 17.5 Å². The van der Waals surface area contributed by atoms with E-state index in [1.165, 1.54) is 26.2 Å². The van der Waals surface area contributed by atoms with Gasteiger partial charge in [-0.25, -0.2) is 15.0 Å². The molecule has 2 aromatic heterocycles. The van der Waals surface area contributed by atoms with Gasteiger partial charge in [0, 0.05) is 36.9 Å². The van der Waals surface area contributed by atoms with Crippen molar-refractivity contribution in [1.29, 1.82) is 0 Å². The summed E-state index contributed by atoms with van der Waals surface area (Å²) >= 11 is 8.65. The fraction of sp³-hybridized carbons (Fsp3) is 0. The third-order valence-corrected chi connectivity index (χ3v) is 8.82. The Morgan fingerprint density at radius 3 is 2.00 bits per heavy atom. The number of hydrogen-bond acceptors (Lipinski definition) is 4. The molecule has 188 valence electrons. The smallest absolute Gasteiger partial charge is 0.165 e. The van der Waals surface area contributed by atoms with E-state index in [2.05, 4.69) is 84.9 Å². The lowest BCUT2D eigenvalue weighted by Gasteiger charge is -2.11. The van der Waals surface area contributed by atoms with Crippen LogP contribution in [0.4, 0.5) is 0 Å². The van der Waals surface area contributed by atoms with Gasteiger partial charge in [-0.2, -0.15) is 0 Å². The highest BCUT2D eigenvalue weighted by molar-refractivity contribution is 7.25. The minimum absolute atomic E-state index is 0.560. The summed E-state index contributed by atoms with van der Waals surface area (Å²) in [5, 5.41) is 7.79. The SMILES string of the molecule is Clc1cc2sc3ccccc3c2cc1-c1nc(-c2ccccc2)nc(-c2ccc3c(ccc4ccccc43)c2)n1. The number of nitrogens with zero attached hydrogens (tertiary/aromatic N) is 3. The number of thiophene rings is 1. The first kappa shape index (κ1) is 23.3. The third-order valence-electron chi connectivity index (χ3n) is 7.38. The molecule has 0 aliphatic rings. The summed E-state index contributed by atoms with van der Waals surface area (Å²) < 4.78 is 2.38. The number of hydrogen-bond donors (Lipinski definition) is 0. The maximum Gasteiger partial charge on any atom is 0.165 e. The Balaban J connectivity index is 1.35. The van der Waals surface area contributed by atoms with Crippen molar-refractivity contribution in [2.45, 2.75) is 0 Å². The lowest BCUT2D eigenvalue weighted by molar-refractivity contribution is 1.08. The predicted octanol–water partition coefficient (Wildman–Crippen LogP) is 10.2. The molecule has 0 amide bonds. The van der Waals surface area contributed by atoms with Crippen molar-refractivity contribution < 1.29 is 0 Å². The largest absolute Gasteiger partial charge is 0.208 e. The topological polar surface area (TPSA) is 38.7 Å². The Morgan fingerprint density at radius 1 is 0.450 bits per heavy atom. The van der Waals surface area contributed by atoms with E-state index in [4.69, 9.17) is 26.6 Å². The molecule has 0 bridgehead atoms. The lowest BCUT2D eigenvalue weighted by atomic mass is 10.00. The molecule has 6 aromatic carbocycles. The maximum absolute atomic E-state index is 6.90.